The molecule has 3 heterocycles. The number of hydrogen-bond donors (Lipinski definition) is 0. The Bertz CT molecular complexity index is 592. The maximum Gasteiger partial charge on any atom is 0.494 e. The molecule has 0 saturated carbocycles. The molecule has 1 aromatic rings. The number of morpholine rings is 1. The van der Waals surface area contributed by atoms with Gasteiger partial charge in [0.1, 0.15) is 0 Å². The number of rotatable bonds is 3. The Kier molecular flexibility index (Phi) is 4.35. The van der Waals surface area contributed by atoms with E-state index < -0.39 is 0 Å². The number of ether oxygens (including phenoxy) is 1. The summed E-state index contributed by atoms with van der Waals surface area (Å²) >= 11 is 0. The number of nitrogens with zero attached hydrogens (tertiary/aromatic N) is 2. The van der Waals surface area contributed by atoms with E-state index in [4.69, 9.17) is 14.0 Å². The van der Waals surface area contributed by atoms with Crippen LogP contribution in [0.15, 0.2) is 24.3 Å². The molecule has 136 valence electrons. The molecule has 3 saturated heterocycles. The first kappa shape index (κ1) is 17.3. The minimum Gasteiger partial charge on any atom is -0.399 e. The van der Waals surface area contributed by atoms with Crippen LogP contribution in [-0.4, -0.2) is 68.7 Å². The normalized spacial score (nSPS) is 26.7. The maximum absolute atomic E-state index is 6.13. The Morgan fingerprint density at radius 3 is 2.04 bits per heavy atom. The van der Waals surface area contributed by atoms with Crippen LogP contribution < -0.4 is 10.4 Å². The van der Waals surface area contributed by atoms with Crippen LogP contribution in [0.3, 0.4) is 0 Å². The van der Waals surface area contributed by atoms with Crippen LogP contribution in [0, 0.1) is 0 Å². The predicted octanol–water partition coefficient (Wildman–Crippen LogP) is 1.51. The molecule has 5 nitrogen and oxygen atoms in total. The third kappa shape index (κ3) is 3.21. The average molecular weight is 344 g/mol. The van der Waals surface area contributed by atoms with E-state index >= 15 is 0 Å². The predicted molar refractivity (Wildman–Crippen MR) is 101 cm³/mol. The van der Waals surface area contributed by atoms with E-state index in [9.17, 15) is 0 Å². The second-order valence-corrected chi connectivity index (χ2v) is 8.39. The minimum atomic E-state index is -0.292. The van der Waals surface area contributed by atoms with Gasteiger partial charge in [0.25, 0.3) is 0 Å². The van der Waals surface area contributed by atoms with E-state index in [-0.39, 0.29) is 18.3 Å². The standard InChI is InChI=1S/C19H29BN2O3/c1-18(2)19(3,4)25-20(24-18)15-5-7-16(8-6-15)22-13-17(14-22)21-9-11-23-12-10-21/h5-8,17H,9-14H2,1-4H3. The van der Waals surface area contributed by atoms with Crippen molar-refractivity contribution in [1.82, 2.24) is 4.90 Å². The molecule has 0 aliphatic carbocycles. The lowest BCUT2D eigenvalue weighted by Crippen LogP contribution is -2.61. The Hall–Kier alpha value is -1.08. The van der Waals surface area contributed by atoms with E-state index in [2.05, 4.69) is 61.8 Å². The summed E-state index contributed by atoms with van der Waals surface area (Å²) in [5, 5.41) is 0. The van der Waals surface area contributed by atoms with Crippen molar-refractivity contribution in [3.05, 3.63) is 24.3 Å². The molecule has 0 spiro atoms. The van der Waals surface area contributed by atoms with Crippen molar-refractivity contribution in [1.29, 1.82) is 0 Å². The van der Waals surface area contributed by atoms with Gasteiger partial charge < -0.3 is 18.9 Å². The van der Waals surface area contributed by atoms with Gasteiger partial charge in [0.2, 0.25) is 0 Å². The minimum absolute atomic E-state index is 0.281. The van der Waals surface area contributed by atoms with Crippen molar-refractivity contribution in [2.75, 3.05) is 44.3 Å². The van der Waals surface area contributed by atoms with E-state index in [0.29, 0.717) is 6.04 Å². The summed E-state index contributed by atoms with van der Waals surface area (Å²) in [5.41, 5.74) is 1.79. The summed E-state index contributed by atoms with van der Waals surface area (Å²) in [5.74, 6) is 0. The fourth-order valence-corrected chi connectivity index (χ4v) is 3.66. The largest absolute Gasteiger partial charge is 0.494 e. The van der Waals surface area contributed by atoms with E-state index in [1.807, 2.05) is 0 Å². The molecule has 0 atom stereocenters. The first-order chi connectivity index (χ1) is 11.9. The van der Waals surface area contributed by atoms with Gasteiger partial charge in [0, 0.05) is 37.9 Å². The molecule has 0 radical (unpaired) electrons. The zero-order chi connectivity index (χ0) is 17.7. The maximum atomic E-state index is 6.13. The molecular weight excluding hydrogens is 315 g/mol. The topological polar surface area (TPSA) is 34.2 Å². The van der Waals surface area contributed by atoms with Crippen LogP contribution in [-0.2, 0) is 14.0 Å². The molecule has 3 aliphatic heterocycles. The molecule has 0 unspecified atom stereocenters. The summed E-state index contributed by atoms with van der Waals surface area (Å²) < 4.78 is 17.7. The van der Waals surface area contributed by atoms with Crippen molar-refractivity contribution < 1.29 is 14.0 Å². The highest BCUT2D eigenvalue weighted by Gasteiger charge is 2.51. The van der Waals surface area contributed by atoms with Gasteiger partial charge in [-0.2, -0.15) is 0 Å². The van der Waals surface area contributed by atoms with Gasteiger partial charge in [-0.25, -0.2) is 0 Å². The lowest BCUT2D eigenvalue weighted by atomic mass is 9.79. The second kappa shape index (κ2) is 6.27. The zero-order valence-electron chi connectivity index (χ0n) is 15.8. The number of anilines is 1. The summed E-state index contributed by atoms with van der Waals surface area (Å²) in [6, 6.07) is 9.33. The molecular formula is C19H29BN2O3. The molecule has 1 aromatic carbocycles. The molecule has 3 fully saturated rings. The molecule has 4 rings (SSSR count). The van der Waals surface area contributed by atoms with Gasteiger partial charge >= 0.3 is 7.12 Å². The van der Waals surface area contributed by atoms with Crippen LogP contribution in [0.2, 0.25) is 0 Å². The van der Waals surface area contributed by atoms with E-state index in [0.717, 1.165) is 44.9 Å². The molecule has 6 heteroatoms. The molecule has 0 bridgehead atoms. The first-order valence-corrected chi connectivity index (χ1v) is 9.38. The van der Waals surface area contributed by atoms with Crippen molar-refractivity contribution in [2.24, 2.45) is 0 Å². The Morgan fingerprint density at radius 1 is 0.920 bits per heavy atom. The Morgan fingerprint density at radius 2 is 1.48 bits per heavy atom. The van der Waals surface area contributed by atoms with Gasteiger partial charge in [0.05, 0.1) is 24.4 Å². The Balaban J connectivity index is 1.36. The summed E-state index contributed by atoms with van der Waals surface area (Å²) in [6.45, 7) is 14.5. The number of hydrogen-bond acceptors (Lipinski definition) is 5. The highest BCUT2D eigenvalue weighted by atomic mass is 16.7. The highest BCUT2D eigenvalue weighted by molar-refractivity contribution is 6.62. The van der Waals surface area contributed by atoms with Crippen LogP contribution in [0.5, 0.6) is 0 Å². The highest BCUT2D eigenvalue weighted by Crippen LogP contribution is 2.36. The van der Waals surface area contributed by atoms with Gasteiger partial charge in [0.15, 0.2) is 0 Å². The summed E-state index contributed by atoms with van der Waals surface area (Å²) in [4.78, 5) is 4.99. The van der Waals surface area contributed by atoms with E-state index in [1.165, 1.54) is 5.69 Å². The summed E-state index contributed by atoms with van der Waals surface area (Å²) in [6.07, 6.45) is 0. The second-order valence-electron chi connectivity index (χ2n) is 8.39. The summed E-state index contributed by atoms with van der Waals surface area (Å²) in [7, 11) is -0.281. The van der Waals surface area contributed by atoms with Gasteiger partial charge in [-0.3, -0.25) is 4.90 Å². The van der Waals surface area contributed by atoms with Gasteiger partial charge in [-0.1, -0.05) is 12.1 Å². The molecule has 0 aromatic heterocycles. The molecule has 0 N–H and O–H groups in total. The third-order valence-corrected chi connectivity index (χ3v) is 6.21. The lowest BCUT2D eigenvalue weighted by molar-refractivity contribution is 0.00578. The van der Waals surface area contributed by atoms with Crippen molar-refractivity contribution in [3.63, 3.8) is 0 Å². The zero-order valence-corrected chi connectivity index (χ0v) is 15.8. The smallest absolute Gasteiger partial charge is 0.399 e. The SMILES string of the molecule is CC1(C)OB(c2ccc(N3CC(N4CCOCC4)C3)cc2)OC1(C)C. The fourth-order valence-electron chi connectivity index (χ4n) is 3.66. The quantitative estimate of drug-likeness (QED) is 0.777. The average Bonchev–Trinajstić information content (AvgIpc) is 2.76. The van der Waals surface area contributed by atoms with Crippen LogP contribution in [0.1, 0.15) is 27.7 Å². The van der Waals surface area contributed by atoms with Gasteiger partial charge in [-0.05, 0) is 45.3 Å². The van der Waals surface area contributed by atoms with Crippen molar-refractivity contribution in [3.8, 4) is 0 Å². The van der Waals surface area contributed by atoms with Gasteiger partial charge in [-0.15, -0.1) is 0 Å². The van der Waals surface area contributed by atoms with Crippen molar-refractivity contribution >= 4 is 18.3 Å². The number of benzene rings is 1. The lowest BCUT2D eigenvalue weighted by Gasteiger charge is -2.47. The van der Waals surface area contributed by atoms with Crippen LogP contribution in [0.25, 0.3) is 0 Å². The fraction of sp³-hybridized carbons (Fsp3) is 0.684. The van der Waals surface area contributed by atoms with Crippen molar-refractivity contribution in [2.45, 2.75) is 44.9 Å². The molecule has 0 amide bonds. The monoisotopic (exact) mass is 344 g/mol. The third-order valence-electron chi connectivity index (χ3n) is 6.21. The first-order valence-electron chi connectivity index (χ1n) is 9.38. The van der Waals surface area contributed by atoms with E-state index in [1.54, 1.807) is 0 Å². The van der Waals surface area contributed by atoms with Crippen LogP contribution >= 0.6 is 0 Å². The molecule has 3 aliphatic rings. The Labute approximate surface area is 151 Å². The molecule has 25 heavy (non-hydrogen) atoms. The van der Waals surface area contributed by atoms with Crippen LogP contribution in [0.4, 0.5) is 5.69 Å².